The Morgan fingerprint density at radius 2 is 1.88 bits per heavy atom. The number of carboxylic acids is 1. The number of thiocarbonyl (C=S) groups is 1. The molecule has 0 saturated heterocycles. The maximum Gasteiger partial charge on any atom is 0.319 e. The van der Waals surface area contributed by atoms with Gasteiger partial charge in [0.25, 0.3) is 0 Å². The second kappa shape index (κ2) is 5.77. The van der Waals surface area contributed by atoms with Crippen LogP contribution in [0.25, 0.3) is 0 Å². The summed E-state index contributed by atoms with van der Waals surface area (Å²) in [6.45, 7) is 4.12. The number of aliphatic hydroxyl groups excluding tert-OH is 1. The normalized spacial score (nSPS) is 12.4. The molecular formula is C13H16O3S. The van der Waals surface area contributed by atoms with Crippen LogP contribution < -0.4 is 0 Å². The largest absolute Gasteiger partial charge is 0.501 e. The highest BCUT2D eigenvalue weighted by Crippen LogP contribution is 2.24. The first-order valence-corrected chi connectivity index (χ1v) is 5.87. The second-order valence-corrected chi connectivity index (χ2v) is 4.82. The van der Waals surface area contributed by atoms with E-state index >= 15 is 0 Å². The van der Waals surface area contributed by atoms with Gasteiger partial charge in [-0.15, -0.1) is 0 Å². The van der Waals surface area contributed by atoms with Gasteiger partial charge in [-0.2, -0.15) is 0 Å². The second-order valence-electron chi connectivity index (χ2n) is 4.41. The van der Waals surface area contributed by atoms with E-state index in [1.54, 1.807) is 12.1 Å². The van der Waals surface area contributed by atoms with Gasteiger partial charge in [0.1, 0.15) is 5.92 Å². The molecule has 0 radical (unpaired) electrons. The summed E-state index contributed by atoms with van der Waals surface area (Å²) in [5.41, 5.74) is 1.51. The Hall–Kier alpha value is -1.42. The fraction of sp³-hybridized carbons (Fsp3) is 0.385. The first-order chi connectivity index (χ1) is 7.93. The Morgan fingerprint density at radius 3 is 2.35 bits per heavy atom. The van der Waals surface area contributed by atoms with Gasteiger partial charge in [-0.1, -0.05) is 38.1 Å². The molecule has 1 aromatic rings. The fourth-order valence-electron chi connectivity index (χ4n) is 1.81. The number of hydrogen-bond donors (Lipinski definition) is 2. The van der Waals surface area contributed by atoms with Crippen molar-refractivity contribution in [3.8, 4) is 0 Å². The topological polar surface area (TPSA) is 57.5 Å². The molecule has 0 aliphatic carbocycles. The molecule has 1 aromatic carbocycles. The molecule has 0 fully saturated rings. The van der Waals surface area contributed by atoms with Crippen LogP contribution in [0.3, 0.4) is 0 Å². The molecule has 0 aromatic heterocycles. The molecule has 0 spiro atoms. The van der Waals surface area contributed by atoms with Crippen LogP contribution in [-0.2, 0) is 11.2 Å². The maximum atomic E-state index is 11.1. The average molecular weight is 252 g/mol. The predicted octanol–water partition coefficient (Wildman–Crippen LogP) is 2.94. The van der Waals surface area contributed by atoms with Gasteiger partial charge >= 0.3 is 5.97 Å². The first-order valence-electron chi connectivity index (χ1n) is 5.47. The summed E-state index contributed by atoms with van der Waals surface area (Å²) in [4.78, 5) is 11.1. The molecule has 0 aliphatic heterocycles. The highest BCUT2D eigenvalue weighted by atomic mass is 32.1. The van der Waals surface area contributed by atoms with Crippen LogP contribution in [0.1, 0.15) is 30.9 Å². The average Bonchev–Trinajstić information content (AvgIpc) is 2.18. The van der Waals surface area contributed by atoms with Crippen LogP contribution in [0.4, 0.5) is 0 Å². The van der Waals surface area contributed by atoms with E-state index in [1.165, 1.54) is 0 Å². The molecule has 92 valence electrons. The number of hydrogen-bond acceptors (Lipinski definition) is 2. The van der Waals surface area contributed by atoms with Gasteiger partial charge in [0.2, 0.25) is 0 Å². The Bertz CT molecular complexity index is 412. The van der Waals surface area contributed by atoms with Crippen molar-refractivity contribution in [2.24, 2.45) is 5.92 Å². The summed E-state index contributed by atoms with van der Waals surface area (Å²) >= 11 is 4.62. The van der Waals surface area contributed by atoms with E-state index in [0.717, 1.165) is 12.0 Å². The SMILES string of the molecule is CC(C)Cc1ccccc1C(C(=O)O)C(O)=S. The smallest absolute Gasteiger partial charge is 0.319 e. The van der Waals surface area contributed by atoms with Crippen molar-refractivity contribution < 1.29 is 15.0 Å². The number of aliphatic carboxylic acids is 1. The molecule has 2 N–H and O–H groups in total. The summed E-state index contributed by atoms with van der Waals surface area (Å²) in [6, 6.07) is 7.20. The number of carbonyl (C=O) groups is 1. The highest BCUT2D eigenvalue weighted by Gasteiger charge is 2.26. The molecule has 0 saturated carbocycles. The lowest BCUT2D eigenvalue weighted by atomic mass is 9.90. The Kier molecular flexibility index (Phi) is 4.63. The van der Waals surface area contributed by atoms with Gasteiger partial charge in [0.05, 0.1) is 0 Å². The Labute approximate surface area is 106 Å². The summed E-state index contributed by atoms with van der Waals surface area (Å²) in [5, 5.41) is 18.0. The van der Waals surface area contributed by atoms with Crippen molar-refractivity contribution in [3.05, 3.63) is 35.4 Å². The van der Waals surface area contributed by atoms with Gasteiger partial charge in [-0.25, -0.2) is 0 Å². The van der Waals surface area contributed by atoms with Crippen LogP contribution in [0, 0.1) is 5.92 Å². The number of rotatable bonds is 5. The van der Waals surface area contributed by atoms with Crippen LogP contribution in [0.5, 0.6) is 0 Å². The lowest BCUT2D eigenvalue weighted by Gasteiger charge is -2.16. The van der Waals surface area contributed by atoms with E-state index in [1.807, 2.05) is 12.1 Å². The maximum absolute atomic E-state index is 11.1. The van der Waals surface area contributed by atoms with E-state index in [-0.39, 0.29) is 0 Å². The van der Waals surface area contributed by atoms with Crippen molar-refractivity contribution in [1.82, 2.24) is 0 Å². The lowest BCUT2D eigenvalue weighted by Crippen LogP contribution is -2.21. The summed E-state index contributed by atoms with van der Waals surface area (Å²) < 4.78 is 0. The minimum Gasteiger partial charge on any atom is -0.501 e. The molecule has 1 rings (SSSR count). The van der Waals surface area contributed by atoms with Gasteiger partial charge in [0.15, 0.2) is 5.05 Å². The summed E-state index contributed by atoms with van der Waals surface area (Å²) in [6.07, 6.45) is 0.766. The first kappa shape index (κ1) is 13.6. The summed E-state index contributed by atoms with van der Waals surface area (Å²) in [7, 11) is 0. The number of carboxylic acid groups (broad SMARTS) is 1. The molecule has 4 heteroatoms. The lowest BCUT2D eigenvalue weighted by molar-refractivity contribution is -0.137. The molecule has 0 amide bonds. The third-order valence-corrected chi connectivity index (χ3v) is 2.72. The highest BCUT2D eigenvalue weighted by molar-refractivity contribution is 7.80. The van der Waals surface area contributed by atoms with Gasteiger partial charge < -0.3 is 10.2 Å². The summed E-state index contributed by atoms with van der Waals surface area (Å²) in [5.74, 6) is -1.81. The molecular weight excluding hydrogens is 236 g/mol. The van der Waals surface area contributed by atoms with Crippen molar-refractivity contribution >= 4 is 23.2 Å². The molecule has 1 unspecified atom stereocenters. The number of benzene rings is 1. The third-order valence-electron chi connectivity index (χ3n) is 2.49. The van der Waals surface area contributed by atoms with E-state index in [9.17, 15) is 9.90 Å². The number of aliphatic hydroxyl groups is 1. The molecule has 0 heterocycles. The van der Waals surface area contributed by atoms with E-state index in [4.69, 9.17) is 5.11 Å². The minimum absolute atomic E-state index is 0.415. The monoisotopic (exact) mass is 252 g/mol. The molecule has 3 nitrogen and oxygen atoms in total. The third kappa shape index (κ3) is 3.53. The standard InChI is InChI=1S/C13H16O3S/c1-8(2)7-9-5-3-4-6-10(9)11(12(14)15)13(16)17/h3-6,8,11H,7H2,1-2H3,(H,14,15)(H,16,17). The molecule has 0 bridgehead atoms. The van der Waals surface area contributed by atoms with E-state index < -0.39 is 16.9 Å². The van der Waals surface area contributed by atoms with Crippen LogP contribution in [-0.4, -0.2) is 21.2 Å². The van der Waals surface area contributed by atoms with Crippen molar-refractivity contribution in [3.63, 3.8) is 0 Å². The quantitative estimate of drug-likeness (QED) is 0.791. The minimum atomic E-state index is -1.12. The molecule has 17 heavy (non-hydrogen) atoms. The Balaban J connectivity index is 3.18. The zero-order valence-corrected chi connectivity index (χ0v) is 10.7. The van der Waals surface area contributed by atoms with Crippen LogP contribution in [0.2, 0.25) is 0 Å². The predicted molar refractivity (Wildman–Crippen MR) is 70.6 cm³/mol. The van der Waals surface area contributed by atoms with Crippen LogP contribution >= 0.6 is 12.2 Å². The molecule has 1 atom stereocenters. The van der Waals surface area contributed by atoms with E-state index in [0.29, 0.717) is 11.5 Å². The van der Waals surface area contributed by atoms with Crippen molar-refractivity contribution in [2.45, 2.75) is 26.2 Å². The Morgan fingerprint density at radius 1 is 1.29 bits per heavy atom. The van der Waals surface area contributed by atoms with Crippen molar-refractivity contribution in [2.75, 3.05) is 0 Å². The zero-order chi connectivity index (χ0) is 13.0. The van der Waals surface area contributed by atoms with Crippen molar-refractivity contribution in [1.29, 1.82) is 0 Å². The van der Waals surface area contributed by atoms with Gasteiger partial charge in [0, 0.05) is 0 Å². The molecule has 0 aliphatic rings. The van der Waals surface area contributed by atoms with Crippen LogP contribution in [0.15, 0.2) is 24.3 Å². The zero-order valence-electron chi connectivity index (χ0n) is 9.88. The van der Waals surface area contributed by atoms with Gasteiger partial charge in [-0.3, -0.25) is 4.79 Å². The van der Waals surface area contributed by atoms with E-state index in [2.05, 4.69) is 26.1 Å². The fourth-order valence-corrected chi connectivity index (χ4v) is 2.04. The van der Waals surface area contributed by atoms with Gasteiger partial charge in [-0.05, 0) is 35.7 Å².